The Balaban J connectivity index is 1.59. The Hall–Kier alpha value is -4.44. The molecule has 0 spiro atoms. The highest BCUT2D eigenvalue weighted by Gasteiger charge is 2.27. The van der Waals surface area contributed by atoms with Crippen LogP contribution in [0.5, 0.6) is 0 Å². The molecule has 5 aromatic heterocycles. The van der Waals surface area contributed by atoms with Gasteiger partial charge in [0.15, 0.2) is 11.3 Å². The van der Waals surface area contributed by atoms with Crippen LogP contribution in [0.4, 0.5) is 0 Å². The van der Waals surface area contributed by atoms with Crippen LogP contribution in [0.25, 0.3) is 64.9 Å². The van der Waals surface area contributed by atoms with Gasteiger partial charge >= 0.3 is 0 Å². The third kappa shape index (κ3) is 2.81. The lowest BCUT2D eigenvalue weighted by atomic mass is 9.84. The number of carbonyl (C=O) groups excluding carboxylic acids is 1. The predicted molar refractivity (Wildman–Crippen MR) is 140 cm³/mol. The molecular weight excluding hydrogens is 472 g/mol. The van der Waals surface area contributed by atoms with E-state index in [0.29, 0.717) is 11.3 Å². The van der Waals surface area contributed by atoms with Gasteiger partial charge in [0.1, 0.15) is 21.6 Å². The molecule has 0 saturated heterocycles. The van der Waals surface area contributed by atoms with Gasteiger partial charge in [-0.25, -0.2) is 15.0 Å². The molecule has 8 bridgehead atoms. The van der Waals surface area contributed by atoms with Crippen LogP contribution in [0.1, 0.15) is 24.1 Å². The summed E-state index contributed by atoms with van der Waals surface area (Å²) < 4.78 is 2.75. The van der Waals surface area contributed by atoms with Crippen LogP contribution in [-0.2, 0) is 0 Å². The topological polar surface area (TPSA) is 118 Å². The van der Waals surface area contributed by atoms with Crippen molar-refractivity contribution in [2.75, 3.05) is 0 Å². The van der Waals surface area contributed by atoms with E-state index in [1.165, 1.54) is 11.3 Å². The fraction of sp³-hybridized carbons (Fsp3) is 0.154. The molecule has 2 N–H and O–H groups in total. The van der Waals surface area contributed by atoms with Crippen molar-refractivity contribution in [3.05, 3.63) is 55.1 Å². The second-order valence-corrected chi connectivity index (χ2v) is 10.3. The van der Waals surface area contributed by atoms with E-state index in [2.05, 4.69) is 25.1 Å². The lowest BCUT2D eigenvalue weighted by molar-refractivity contribution is 0.0776. The summed E-state index contributed by atoms with van der Waals surface area (Å²) in [7, 11) is 0. The van der Waals surface area contributed by atoms with Crippen molar-refractivity contribution in [1.82, 2.24) is 39.7 Å². The molecular formula is C26H18N8OS. The lowest BCUT2D eigenvalue weighted by Crippen LogP contribution is -2.27. The lowest BCUT2D eigenvalue weighted by Gasteiger charge is -2.24. The Bertz CT molecular complexity index is 2020. The molecule has 10 heteroatoms. The van der Waals surface area contributed by atoms with E-state index in [-0.39, 0.29) is 11.8 Å². The Labute approximate surface area is 206 Å². The first-order valence-corrected chi connectivity index (χ1v) is 12.6. The van der Waals surface area contributed by atoms with Crippen molar-refractivity contribution in [3.63, 3.8) is 0 Å². The molecule has 1 fully saturated rings. The van der Waals surface area contributed by atoms with Crippen LogP contribution in [0.15, 0.2) is 55.1 Å². The van der Waals surface area contributed by atoms with E-state index in [0.717, 1.165) is 72.9 Å². The highest BCUT2D eigenvalue weighted by molar-refractivity contribution is 7.24. The van der Waals surface area contributed by atoms with Gasteiger partial charge in [0.05, 0.1) is 21.9 Å². The van der Waals surface area contributed by atoms with Gasteiger partial charge in [0.2, 0.25) is 5.91 Å². The molecule has 0 aromatic carbocycles. The molecule has 1 aliphatic carbocycles. The number of thiophene rings is 1. The normalized spacial score (nSPS) is 14.3. The number of aromatic nitrogens is 8. The summed E-state index contributed by atoms with van der Waals surface area (Å²) >= 11 is 1.53. The quantitative estimate of drug-likeness (QED) is 0.309. The van der Waals surface area contributed by atoms with Gasteiger partial charge in [0.25, 0.3) is 0 Å². The summed E-state index contributed by atoms with van der Waals surface area (Å²) in [6, 6.07) is 9.92. The van der Waals surface area contributed by atoms with Gasteiger partial charge in [-0.05, 0) is 43.2 Å². The second-order valence-electron chi connectivity index (χ2n) is 9.19. The average Bonchev–Trinajstić information content (AvgIpc) is 3.60. The smallest absolute Gasteiger partial charge is 0.235 e. The highest BCUT2D eigenvalue weighted by atomic mass is 32.1. The minimum Gasteiger partial charge on any atom is -0.295 e. The minimum atomic E-state index is 0.0299. The van der Waals surface area contributed by atoms with Crippen LogP contribution < -0.4 is 0 Å². The van der Waals surface area contributed by atoms with Crippen molar-refractivity contribution in [2.45, 2.75) is 19.3 Å². The number of pyridine rings is 3. The Morgan fingerprint density at radius 3 is 2.78 bits per heavy atom. The second kappa shape index (κ2) is 7.28. The van der Waals surface area contributed by atoms with Crippen LogP contribution >= 0.6 is 11.3 Å². The summed E-state index contributed by atoms with van der Waals surface area (Å²) in [6.07, 6.45) is 10.0. The molecule has 1 saturated carbocycles. The predicted octanol–water partition coefficient (Wildman–Crippen LogP) is 5.62. The number of H-pyrrole nitrogens is 2. The Kier molecular flexibility index (Phi) is 4.01. The Morgan fingerprint density at radius 1 is 0.972 bits per heavy atom. The first kappa shape index (κ1) is 19.8. The van der Waals surface area contributed by atoms with Gasteiger partial charge in [-0.2, -0.15) is 0 Å². The number of nitrogens with one attached hydrogen (secondary N) is 2. The number of imidazole rings is 1. The standard InChI is InChI=1S/C26H18N8OS/c35-26(13-2-1-3-13)34-16-8-14(10-27-12-16)15-9-17-21(32-33-24(17)29-11-15)25-30-18-6-7-28-23(22(18)31-25)19-4-5-20(34)36-19/h4-13,32H,1-3H2,(H,29,33). The van der Waals surface area contributed by atoms with Gasteiger partial charge in [-0.15, -0.1) is 11.3 Å². The highest BCUT2D eigenvalue weighted by Crippen LogP contribution is 2.33. The van der Waals surface area contributed by atoms with E-state index in [9.17, 15) is 4.79 Å². The third-order valence-corrected chi connectivity index (χ3v) is 8.15. The summed E-state index contributed by atoms with van der Waals surface area (Å²) in [4.78, 5) is 38.0. The van der Waals surface area contributed by atoms with Crippen LogP contribution in [0.3, 0.4) is 0 Å². The molecule has 3 aliphatic rings. The van der Waals surface area contributed by atoms with Crippen LogP contribution in [0.2, 0.25) is 0 Å². The number of rotatable bonds is 1. The summed E-state index contributed by atoms with van der Waals surface area (Å²) in [5, 5.41) is 8.08. The molecule has 5 aromatic rings. The van der Waals surface area contributed by atoms with E-state index in [1.54, 1.807) is 24.8 Å². The maximum absolute atomic E-state index is 13.7. The number of fused-ring (bicyclic) bond motifs is 9. The molecule has 9 nitrogen and oxygen atoms in total. The molecule has 8 rings (SSSR count). The average molecular weight is 491 g/mol. The summed E-state index contributed by atoms with van der Waals surface area (Å²) in [6.45, 7) is 0. The number of carbonyl (C=O) groups is 1. The number of nitrogens with zero attached hydrogens (tertiary/aromatic N) is 6. The fourth-order valence-electron chi connectivity index (χ4n) is 4.94. The molecule has 2 aliphatic heterocycles. The maximum Gasteiger partial charge on any atom is 0.235 e. The molecule has 174 valence electrons. The SMILES string of the molecule is O=C(C1CCC1)n1c2cncc(c2)c2cnc3[nH][nH]c(c4nc5ccnc(c6ccc1s6)c5n4)-c3c2. The molecule has 36 heavy (non-hydrogen) atoms. The van der Waals surface area contributed by atoms with Gasteiger partial charge in [-0.1, -0.05) is 6.42 Å². The van der Waals surface area contributed by atoms with Crippen LogP contribution in [0, 0.1) is 5.92 Å². The monoisotopic (exact) mass is 490 g/mol. The minimum absolute atomic E-state index is 0.0299. The van der Waals surface area contributed by atoms with Crippen molar-refractivity contribution in [1.29, 1.82) is 0 Å². The van der Waals surface area contributed by atoms with E-state index in [1.807, 2.05) is 34.9 Å². The molecule has 0 atom stereocenters. The zero-order valence-electron chi connectivity index (χ0n) is 18.9. The van der Waals surface area contributed by atoms with Crippen molar-refractivity contribution in [2.24, 2.45) is 5.92 Å². The summed E-state index contributed by atoms with van der Waals surface area (Å²) in [5.74, 6) is 0.137. The van der Waals surface area contributed by atoms with Crippen LogP contribution in [-0.4, -0.2) is 45.6 Å². The number of hydrogen-bond donors (Lipinski definition) is 2. The Morgan fingerprint density at radius 2 is 1.89 bits per heavy atom. The maximum atomic E-state index is 13.7. The molecule has 7 heterocycles. The zero-order chi connectivity index (χ0) is 23.8. The van der Waals surface area contributed by atoms with Gasteiger partial charge in [0, 0.05) is 40.8 Å². The van der Waals surface area contributed by atoms with E-state index >= 15 is 0 Å². The largest absolute Gasteiger partial charge is 0.295 e. The van der Waals surface area contributed by atoms with Crippen molar-refractivity contribution in [3.8, 4) is 11.3 Å². The van der Waals surface area contributed by atoms with E-state index < -0.39 is 0 Å². The van der Waals surface area contributed by atoms with Gasteiger partial charge < -0.3 is 0 Å². The first-order valence-electron chi connectivity index (χ1n) is 11.8. The van der Waals surface area contributed by atoms with Crippen molar-refractivity contribution >= 4 is 70.9 Å². The molecule has 0 radical (unpaired) electrons. The zero-order valence-corrected chi connectivity index (χ0v) is 19.7. The molecule has 0 unspecified atom stereocenters. The summed E-state index contributed by atoms with van der Waals surface area (Å²) in [5.41, 5.74) is 5.89. The van der Waals surface area contributed by atoms with Gasteiger partial charge in [-0.3, -0.25) is 29.5 Å². The number of hydrogen-bond acceptors (Lipinski definition) is 7. The number of aromatic amines is 2. The molecule has 0 amide bonds. The first-order chi connectivity index (χ1) is 17.7. The van der Waals surface area contributed by atoms with E-state index in [4.69, 9.17) is 9.97 Å². The third-order valence-electron chi connectivity index (χ3n) is 7.07. The van der Waals surface area contributed by atoms with Crippen molar-refractivity contribution < 1.29 is 4.79 Å². The fourth-order valence-corrected chi connectivity index (χ4v) is 5.97.